The van der Waals surface area contributed by atoms with E-state index in [-0.39, 0.29) is 5.82 Å². The molecule has 0 aliphatic heterocycles. The summed E-state index contributed by atoms with van der Waals surface area (Å²) in [5.41, 5.74) is 2.53. The van der Waals surface area contributed by atoms with Crippen molar-refractivity contribution in [1.82, 2.24) is 5.32 Å². The highest BCUT2D eigenvalue weighted by Crippen LogP contribution is 2.01. The molecule has 70 valence electrons. The van der Waals surface area contributed by atoms with Crippen LogP contribution >= 0.6 is 11.6 Å². The maximum Gasteiger partial charge on any atom is 0.123 e. The lowest BCUT2D eigenvalue weighted by molar-refractivity contribution is 0.626. The van der Waals surface area contributed by atoms with Crippen LogP contribution in [-0.4, -0.2) is 6.54 Å². The largest absolute Gasteiger partial charge is 0.309 e. The van der Waals surface area contributed by atoms with Gasteiger partial charge < -0.3 is 5.32 Å². The van der Waals surface area contributed by atoms with Crippen LogP contribution in [0, 0.1) is 5.82 Å². The van der Waals surface area contributed by atoms with E-state index in [9.17, 15) is 4.39 Å². The van der Waals surface area contributed by atoms with E-state index in [1.165, 1.54) is 17.7 Å². The Morgan fingerprint density at radius 3 is 2.62 bits per heavy atom. The van der Waals surface area contributed by atoms with E-state index in [1.54, 1.807) is 12.1 Å². The van der Waals surface area contributed by atoms with Gasteiger partial charge in [0, 0.05) is 18.6 Å². The van der Waals surface area contributed by atoms with E-state index in [2.05, 4.69) is 5.32 Å². The van der Waals surface area contributed by atoms with E-state index < -0.39 is 0 Å². The number of rotatable bonds is 4. The molecule has 0 saturated heterocycles. The quantitative estimate of drug-likeness (QED) is 0.736. The molecule has 0 atom stereocenters. The molecule has 0 radical (unpaired) electrons. The van der Waals surface area contributed by atoms with Crippen LogP contribution in [0.15, 0.2) is 35.9 Å². The number of nitrogens with one attached hydrogen (secondary N) is 1. The molecule has 0 fully saturated rings. The van der Waals surface area contributed by atoms with Gasteiger partial charge in [0.1, 0.15) is 5.82 Å². The highest BCUT2D eigenvalue weighted by atomic mass is 35.5. The summed E-state index contributed by atoms with van der Waals surface area (Å²) in [6.45, 7) is 1.45. The number of hydrogen-bond acceptors (Lipinski definition) is 1. The van der Waals surface area contributed by atoms with E-state index >= 15 is 0 Å². The Labute approximate surface area is 82.2 Å². The highest BCUT2D eigenvalue weighted by molar-refractivity contribution is 6.25. The van der Waals surface area contributed by atoms with Crippen LogP contribution in [0.1, 0.15) is 5.56 Å². The molecule has 0 saturated carbocycles. The first kappa shape index (κ1) is 10.2. The lowest BCUT2D eigenvalue weighted by atomic mass is 10.2. The molecule has 0 bridgehead atoms. The van der Waals surface area contributed by atoms with E-state index in [0.717, 1.165) is 18.7 Å². The Morgan fingerprint density at radius 1 is 1.31 bits per heavy atom. The Kier molecular flexibility index (Phi) is 4.50. The number of halogens is 2. The van der Waals surface area contributed by atoms with Crippen LogP contribution in [0.5, 0.6) is 0 Å². The molecule has 1 nitrogen and oxygen atoms in total. The summed E-state index contributed by atoms with van der Waals surface area (Å²) >= 11 is 5.33. The van der Waals surface area contributed by atoms with Gasteiger partial charge in [0.2, 0.25) is 0 Å². The first-order chi connectivity index (χ1) is 6.33. The Morgan fingerprint density at radius 2 is 2.00 bits per heavy atom. The second-order valence-corrected chi connectivity index (χ2v) is 2.87. The molecule has 0 aliphatic rings. The molecule has 0 aromatic heterocycles. The van der Waals surface area contributed by atoms with Crippen LogP contribution in [-0.2, 0) is 6.54 Å². The van der Waals surface area contributed by atoms with Gasteiger partial charge in [0.15, 0.2) is 0 Å². The third kappa shape index (κ3) is 4.06. The second-order valence-electron chi connectivity index (χ2n) is 2.62. The highest BCUT2D eigenvalue weighted by Gasteiger charge is 1.91. The molecule has 0 spiro atoms. The van der Waals surface area contributed by atoms with Crippen molar-refractivity contribution >= 4 is 11.6 Å². The van der Waals surface area contributed by atoms with E-state index in [0.29, 0.717) is 0 Å². The van der Waals surface area contributed by atoms with Gasteiger partial charge in [-0.2, -0.15) is 0 Å². The molecule has 1 rings (SSSR count). The molecule has 0 amide bonds. The fourth-order valence-electron chi connectivity index (χ4n) is 0.947. The summed E-state index contributed by atoms with van der Waals surface area (Å²) in [6, 6.07) is 6.42. The molecule has 3 heteroatoms. The normalized spacial score (nSPS) is 10.9. The Bertz CT molecular complexity index is 269. The van der Waals surface area contributed by atoms with Crippen molar-refractivity contribution < 1.29 is 4.39 Å². The summed E-state index contributed by atoms with van der Waals surface area (Å²) in [6.07, 6.45) is 1.81. The van der Waals surface area contributed by atoms with Crippen molar-refractivity contribution in [2.45, 2.75) is 6.54 Å². The van der Waals surface area contributed by atoms with Gasteiger partial charge in [-0.05, 0) is 17.7 Å². The zero-order valence-corrected chi connectivity index (χ0v) is 7.89. The standard InChI is InChI=1S/C10H11ClFN/c11-6-1-7-13-8-9-2-4-10(12)5-3-9/h1-6,13H,7-8H2/b6-1+. The summed E-state index contributed by atoms with van der Waals surface area (Å²) in [7, 11) is 0. The molecular weight excluding hydrogens is 189 g/mol. The maximum absolute atomic E-state index is 12.5. The van der Waals surface area contributed by atoms with Gasteiger partial charge in [0.05, 0.1) is 0 Å². The van der Waals surface area contributed by atoms with Gasteiger partial charge in [0.25, 0.3) is 0 Å². The third-order valence-electron chi connectivity index (χ3n) is 1.59. The molecule has 1 aromatic carbocycles. The minimum Gasteiger partial charge on any atom is -0.309 e. The van der Waals surface area contributed by atoms with E-state index in [1.807, 2.05) is 6.08 Å². The average Bonchev–Trinajstić information content (AvgIpc) is 2.15. The minimum atomic E-state index is -0.204. The summed E-state index contributed by atoms with van der Waals surface area (Å²) in [5, 5.41) is 3.13. The molecule has 13 heavy (non-hydrogen) atoms. The third-order valence-corrected chi connectivity index (χ3v) is 1.77. The number of benzene rings is 1. The van der Waals surface area contributed by atoms with Crippen molar-refractivity contribution in [3.05, 3.63) is 47.3 Å². The maximum atomic E-state index is 12.5. The van der Waals surface area contributed by atoms with Crippen LogP contribution in [0.25, 0.3) is 0 Å². The average molecular weight is 200 g/mol. The first-order valence-electron chi connectivity index (χ1n) is 4.03. The first-order valence-corrected chi connectivity index (χ1v) is 4.47. The second kappa shape index (κ2) is 5.73. The molecule has 1 aromatic rings. The van der Waals surface area contributed by atoms with Gasteiger partial charge in [-0.1, -0.05) is 29.8 Å². The van der Waals surface area contributed by atoms with Crippen LogP contribution < -0.4 is 5.32 Å². The van der Waals surface area contributed by atoms with Crippen molar-refractivity contribution in [3.8, 4) is 0 Å². The SMILES string of the molecule is Fc1ccc(CNC/C=C/Cl)cc1. The Hall–Kier alpha value is -0.860. The van der Waals surface area contributed by atoms with Crippen LogP contribution in [0.3, 0.4) is 0 Å². The smallest absolute Gasteiger partial charge is 0.123 e. The molecule has 0 heterocycles. The predicted octanol–water partition coefficient (Wildman–Crippen LogP) is 2.67. The summed E-state index contributed by atoms with van der Waals surface area (Å²) < 4.78 is 12.5. The molecular formula is C10H11ClFN. The molecule has 0 unspecified atom stereocenters. The fraction of sp³-hybridized carbons (Fsp3) is 0.200. The van der Waals surface area contributed by atoms with Crippen molar-refractivity contribution in [2.24, 2.45) is 0 Å². The van der Waals surface area contributed by atoms with Crippen LogP contribution in [0.4, 0.5) is 4.39 Å². The molecule has 1 N–H and O–H groups in total. The van der Waals surface area contributed by atoms with Crippen molar-refractivity contribution in [1.29, 1.82) is 0 Å². The lowest BCUT2D eigenvalue weighted by Gasteiger charge is -2.00. The summed E-state index contributed by atoms with van der Waals surface area (Å²) in [5.74, 6) is -0.204. The fourth-order valence-corrected chi connectivity index (χ4v) is 1.04. The Balaban J connectivity index is 2.33. The zero-order chi connectivity index (χ0) is 9.52. The van der Waals surface area contributed by atoms with Gasteiger partial charge in [-0.3, -0.25) is 0 Å². The van der Waals surface area contributed by atoms with Gasteiger partial charge in [-0.15, -0.1) is 0 Å². The van der Waals surface area contributed by atoms with Crippen molar-refractivity contribution in [2.75, 3.05) is 6.54 Å². The number of hydrogen-bond donors (Lipinski definition) is 1. The molecule has 0 aliphatic carbocycles. The van der Waals surface area contributed by atoms with Crippen molar-refractivity contribution in [3.63, 3.8) is 0 Å². The van der Waals surface area contributed by atoms with Gasteiger partial charge in [-0.25, -0.2) is 4.39 Å². The van der Waals surface area contributed by atoms with Gasteiger partial charge >= 0.3 is 0 Å². The topological polar surface area (TPSA) is 12.0 Å². The van der Waals surface area contributed by atoms with Crippen LogP contribution in [0.2, 0.25) is 0 Å². The summed E-state index contributed by atoms with van der Waals surface area (Å²) in [4.78, 5) is 0. The monoisotopic (exact) mass is 199 g/mol. The van der Waals surface area contributed by atoms with E-state index in [4.69, 9.17) is 11.6 Å². The zero-order valence-electron chi connectivity index (χ0n) is 7.13. The minimum absolute atomic E-state index is 0.204. The lowest BCUT2D eigenvalue weighted by Crippen LogP contribution is -2.12. The predicted molar refractivity (Wildman–Crippen MR) is 53.1 cm³/mol.